The molecular formula is C22H24N2O3. The maximum Gasteiger partial charge on any atom is 0.276 e. The van der Waals surface area contributed by atoms with Crippen molar-refractivity contribution in [1.82, 2.24) is 10.4 Å². The third-order valence-corrected chi connectivity index (χ3v) is 5.44. The van der Waals surface area contributed by atoms with Crippen molar-refractivity contribution in [2.75, 3.05) is 13.1 Å². The standard InChI is InChI=1S/C22H24N2O3/c1-15-2-4-16(5-3-15)17-10-12-24(13-11-17)14-19-7-6-18-8-9-20(25)23-27-22(18)21(19)26/h2-9,17,26H,10-14H2,1H3,(H,23,25). The Labute approximate surface area is 159 Å². The molecule has 0 spiro atoms. The molecule has 1 amide bonds. The number of nitrogens with zero attached hydrogens (tertiary/aromatic N) is 1. The van der Waals surface area contributed by atoms with Crippen LogP contribution in [0.25, 0.3) is 6.08 Å². The van der Waals surface area contributed by atoms with E-state index < -0.39 is 0 Å². The predicted molar refractivity (Wildman–Crippen MR) is 104 cm³/mol. The second kappa shape index (κ2) is 7.45. The molecule has 2 heterocycles. The Morgan fingerprint density at radius 2 is 1.85 bits per heavy atom. The number of carbonyl (C=O) groups excluding carboxylic acids is 1. The van der Waals surface area contributed by atoms with Gasteiger partial charge in [0.05, 0.1) is 0 Å². The molecule has 2 N–H and O–H groups in total. The fourth-order valence-electron chi connectivity index (χ4n) is 3.80. The summed E-state index contributed by atoms with van der Waals surface area (Å²) < 4.78 is 0. The zero-order chi connectivity index (χ0) is 18.8. The molecule has 2 aliphatic rings. The van der Waals surface area contributed by atoms with Crippen molar-refractivity contribution in [3.05, 3.63) is 64.7 Å². The van der Waals surface area contributed by atoms with E-state index in [0.29, 0.717) is 23.8 Å². The summed E-state index contributed by atoms with van der Waals surface area (Å²) in [6, 6.07) is 12.6. The van der Waals surface area contributed by atoms with Crippen molar-refractivity contribution in [1.29, 1.82) is 0 Å². The number of carbonyl (C=O) groups is 1. The number of phenolic OH excluding ortho intramolecular Hbond substituents is 1. The molecule has 4 rings (SSSR count). The van der Waals surface area contributed by atoms with E-state index >= 15 is 0 Å². The van der Waals surface area contributed by atoms with E-state index in [1.807, 2.05) is 12.1 Å². The molecule has 0 bridgehead atoms. The molecule has 2 aromatic rings. The van der Waals surface area contributed by atoms with Gasteiger partial charge in [-0.15, -0.1) is 0 Å². The van der Waals surface area contributed by atoms with Gasteiger partial charge in [0.15, 0.2) is 5.75 Å². The molecule has 0 aliphatic carbocycles. The molecule has 0 aromatic heterocycles. The first-order chi connectivity index (χ1) is 13.1. The van der Waals surface area contributed by atoms with Gasteiger partial charge < -0.3 is 9.94 Å². The van der Waals surface area contributed by atoms with Crippen molar-refractivity contribution in [2.45, 2.75) is 32.2 Å². The van der Waals surface area contributed by atoms with Crippen molar-refractivity contribution in [3.8, 4) is 11.5 Å². The number of fused-ring (bicyclic) bond motifs is 1. The number of phenols is 1. The van der Waals surface area contributed by atoms with Crippen LogP contribution in [0.5, 0.6) is 11.5 Å². The van der Waals surface area contributed by atoms with Crippen LogP contribution in [0.3, 0.4) is 0 Å². The third-order valence-electron chi connectivity index (χ3n) is 5.44. The summed E-state index contributed by atoms with van der Waals surface area (Å²) in [5.74, 6) is 0.667. The summed E-state index contributed by atoms with van der Waals surface area (Å²) in [5.41, 5.74) is 6.52. The van der Waals surface area contributed by atoms with Crippen LogP contribution in [-0.4, -0.2) is 29.0 Å². The lowest BCUT2D eigenvalue weighted by Gasteiger charge is -2.32. The average Bonchev–Trinajstić information content (AvgIpc) is 2.87. The number of likely N-dealkylation sites (tertiary alicyclic amines) is 1. The maximum absolute atomic E-state index is 11.4. The number of aryl methyl sites for hydroxylation is 1. The fraction of sp³-hybridized carbons (Fsp3) is 0.318. The van der Waals surface area contributed by atoms with Crippen LogP contribution < -0.4 is 10.3 Å². The molecule has 0 unspecified atom stereocenters. The summed E-state index contributed by atoms with van der Waals surface area (Å²) in [4.78, 5) is 19.1. The van der Waals surface area contributed by atoms with Crippen molar-refractivity contribution in [2.24, 2.45) is 0 Å². The lowest BCUT2D eigenvalue weighted by atomic mass is 9.89. The number of hydrogen-bond donors (Lipinski definition) is 2. The monoisotopic (exact) mass is 364 g/mol. The largest absolute Gasteiger partial charge is 0.504 e. The molecule has 1 fully saturated rings. The Morgan fingerprint density at radius 1 is 1.11 bits per heavy atom. The number of hydroxylamine groups is 1. The van der Waals surface area contributed by atoms with E-state index in [9.17, 15) is 9.90 Å². The minimum atomic E-state index is -0.342. The van der Waals surface area contributed by atoms with E-state index in [4.69, 9.17) is 4.84 Å². The van der Waals surface area contributed by atoms with Gasteiger partial charge in [-0.2, -0.15) is 5.48 Å². The zero-order valence-electron chi connectivity index (χ0n) is 15.4. The van der Waals surface area contributed by atoms with Crippen molar-refractivity contribution >= 4 is 12.0 Å². The van der Waals surface area contributed by atoms with Crippen LogP contribution in [0.2, 0.25) is 0 Å². The number of benzene rings is 2. The Kier molecular flexibility index (Phi) is 4.86. The molecule has 0 atom stereocenters. The number of nitrogens with one attached hydrogen (secondary N) is 1. The van der Waals surface area contributed by atoms with E-state index in [-0.39, 0.29) is 11.7 Å². The van der Waals surface area contributed by atoms with Crippen molar-refractivity contribution in [3.63, 3.8) is 0 Å². The normalized spacial score (nSPS) is 17.7. The number of rotatable bonds is 3. The molecule has 0 saturated carbocycles. The van der Waals surface area contributed by atoms with Gasteiger partial charge in [-0.25, -0.2) is 0 Å². The maximum atomic E-state index is 11.4. The molecular weight excluding hydrogens is 340 g/mol. The van der Waals surface area contributed by atoms with E-state index in [2.05, 4.69) is 41.6 Å². The highest BCUT2D eigenvalue weighted by atomic mass is 16.7. The number of hydrogen-bond acceptors (Lipinski definition) is 4. The van der Waals surface area contributed by atoms with Gasteiger partial charge in [0.1, 0.15) is 0 Å². The summed E-state index contributed by atoms with van der Waals surface area (Å²) in [6.45, 7) is 4.77. The minimum Gasteiger partial charge on any atom is -0.504 e. The second-order valence-corrected chi connectivity index (χ2v) is 7.35. The second-order valence-electron chi connectivity index (χ2n) is 7.35. The molecule has 5 heteroatoms. The number of aromatic hydroxyl groups is 1. The van der Waals surface area contributed by atoms with Gasteiger partial charge in [0.2, 0.25) is 5.75 Å². The molecule has 0 radical (unpaired) electrons. The predicted octanol–water partition coefficient (Wildman–Crippen LogP) is 3.52. The number of piperidine rings is 1. The molecule has 2 aromatic carbocycles. The quantitative estimate of drug-likeness (QED) is 0.875. The van der Waals surface area contributed by atoms with Gasteiger partial charge in [-0.3, -0.25) is 9.69 Å². The lowest BCUT2D eigenvalue weighted by Crippen LogP contribution is -2.32. The summed E-state index contributed by atoms with van der Waals surface area (Å²) in [5, 5.41) is 10.6. The Bertz CT molecular complexity index is 866. The van der Waals surface area contributed by atoms with E-state index in [1.165, 1.54) is 17.2 Å². The molecule has 1 saturated heterocycles. The summed E-state index contributed by atoms with van der Waals surface area (Å²) >= 11 is 0. The highest BCUT2D eigenvalue weighted by Gasteiger charge is 2.23. The van der Waals surface area contributed by atoms with Crippen molar-refractivity contribution < 1.29 is 14.7 Å². The fourth-order valence-corrected chi connectivity index (χ4v) is 3.80. The summed E-state index contributed by atoms with van der Waals surface area (Å²) in [6.07, 6.45) is 5.27. The average molecular weight is 364 g/mol. The van der Waals surface area contributed by atoms with E-state index in [0.717, 1.165) is 31.5 Å². The SMILES string of the molecule is Cc1ccc(C2CCN(Cc3ccc4c(c3O)ONC(=O)C=C4)CC2)cc1. The Balaban J connectivity index is 1.42. The summed E-state index contributed by atoms with van der Waals surface area (Å²) in [7, 11) is 0. The number of amides is 1. The highest BCUT2D eigenvalue weighted by Crippen LogP contribution is 2.37. The highest BCUT2D eigenvalue weighted by molar-refractivity contribution is 5.92. The molecule has 27 heavy (non-hydrogen) atoms. The Hall–Kier alpha value is -2.79. The van der Waals surface area contributed by atoms with Crippen LogP contribution in [0.15, 0.2) is 42.5 Å². The minimum absolute atomic E-state index is 0.0972. The lowest BCUT2D eigenvalue weighted by molar-refractivity contribution is -0.122. The van der Waals surface area contributed by atoms with Crippen LogP contribution in [0, 0.1) is 6.92 Å². The first kappa shape index (κ1) is 17.6. The first-order valence-electron chi connectivity index (χ1n) is 9.39. The smallest absolute Gasteiger partial charge is 0.276 e. The van der Waals surface area contributed by atoms with Crippen LogP contribution in [-0.2, 0) is 11.3 Å². The molecule has 5 nitrogen and oxygen atoms in total. The van der Waals surface area contributed by atoms with Gasteiger partial charge in [0.25, 0.3) is 5.91 Å². The topological polar surface area (TPSA) is 61.8 Å². The van der Waals surface area contributed by atoms with Crippen LogP contribution in [0.4, 0.5) is 0 Å². The van der Waals surface area contributed by atoms with E-state index in [1.54, 1.807) is 6.08 Å². The molecule has 140 valence electrons. The first-order valence-corrected chi connectivity index (χ1v) is 9.39. The van der Waals surface area contributed by atoms with Crippen LogP contribution >= 0.6 is 0 Å². The van der Waals surface area contributed by atoms with Crippen LogP contribution in [0.1, 0.15) is 41.0 Å². The van der Waals surface area contributed by atoms with Gasteiger partial charge in [0, 0.05) is 23.7 Å². The third kappa shape index (κ3) is 3.83. The molecule has 2 aliphatic heterocycles. The van der Waals surface area contributed by atoms with Gasteiger partial charge in [-0.05, 0) is 50.4 Å². The zero-order valence-corrected chi connectivity index (χ0v) is 15.4. The van der Waals surface area contributed by atoms with Gasteiger partial charge >= 0.3 is 0 Å². The van der Waals surface area contributed by atoms with Gasteiger partial charge in [-0.1, -0.05) is 42.0 Å². The Morgan fingerprint density at radius 3 is 2.59 bits per heavy atom.